The molecular formula is C24H20N4O2. The molecule has 6 nitrogen and oxygen atoms in total. The molecule has 2 aromatic heterocycles. The van der Waals surface area contributed by atoms with Gasteiger partial charge in [-0.25, -0.2) is 4.98 Å². The number of hydrogen-bond donors (Lipinski definition) is 1. The van der Waals surface area contributed by atoms with E-state index in [0.29, 0.717) is 41.4 Å². The summed E-state index contributed by atoms with van der Waals surface area (Å²) in [6, 6.07) is 15.5. The van der Waals surface area contributed by atoms with E-state index in [1.54, 1.807) is 23.2 Å². The first-order valence-corrected chi connectivity index (χ1v) is 9.99. The number of aromatic nitrogens is 3. The van der Waals surface area contributed by atoms with Crippen LogP contribution < -0.4 is 4.90 Å². The summed E-state index contributed by atoms with van der Waals surface area (Å²) in [5.74, 6) is 0.658. The Hall–Kier alpha value is -3.80. The van der Waals surface area contributed by atoms with Gasteiger partial charge in [0.05, 0.1) is 5.56 Å². The van der Waals surface area contributed by atoms with Crippen molar-refractivity contribution in [1.82, 2.24) is 15.0 Å². The third kappa shape index (κ3) is 3.26. The highest BCUT2D eigenvalue weighted by molar-refractivity contribution is 6.08. The van der Waals surface area contributed by atoms with Gasteiger partial charge in [0.2, 0.25) is 5.88 Å². The second-order valence-electron chi connectivity index (χ2n) is 7.37. The minimum atomic E-state index is -0.115. The van der Waals surface area contributed by atoms with Gasteiger partial charge >= 0.3 is 0 Å². The molecule has 0 spiro atoms. The Bertz CT molecular complexity index is 1160. The fraction of sp³-hybridized carbons (Fsp3) is 0.167. The summed E-state index contributed by atoms with van der Waals surface area (Å²) in [7, 11) is 0. The molecule has 0 saturated carbocycles. The number of rotatable bonds is 3. The lowest BCUT2D eigenvalue weighted by atomic mass is 10.0. The van der Waals surface area contributed by atoms with Crippen LogP contribution in [0.5, 0.6) is 5.88 Å². The van der Waals surface area contributed by atoms with Crippen molar-refractivity contribution in [1.29, 1.82) is 0 Å². The number of aromatic hydroxyl groups is 1. The topological polar surface area (TPSA) is 79.2 Å². The fourth-order valence-electron chi connectivity index (χ4n) is 3.93. The van der Waals surface area contributed by atoms with E-state index in [1.807, 2.05) is 42.5 Å². The van der Waals surface area contributed by atoms with Gasteiger partial charge in [0.15, 0.2) is 5.82 Å². The fourth-order valence-corrected chi connectivity index (χ4v) is 3.93. The number of nitrogens with zero attached hydrogens (tertiary/aromatic N) is 4. The zero-order valence-electron chi connectivity index (χ0n) is 16.3. The first-order chi connectivity index (χ1) is 14.7. The van der Waals surface area contributed by atoms with Crippen LogP contribution in [0.25, 0.3) is 11.5 Å². The molecule has 5 rings (SSSR count). The molecule has 1 atom stereocenters. The summed E-state index contributed by atoms with van der Waals surface area (Å²) in [5.41, 5.74) is 2.94. The van der Waals surface area contributed by atoms with Crippen LogP contribution in [0, 0.1) is 0 Å². The van der Waals surface area contributed by atoms with Crippen molar-refractivity contribution in [2.24, 2.45) is 0 Å². The maximum atomic E-state index is 13.3. The van der Waals surface area contributed by atoms with Crippen LogP contribution in [0.3, 0.4) is 0 Å². The minimum Gasteiger partial charge on any atom is -0.493 e. The summed E-state index contributed by atoms with van der Waals surface area (Å²) in [5, 5.41) is 10.5. The Kier molecular flexibility index (Phi) is 4.59. The van der Waals surface area contributed by atoms with Gasteiger partial charge in [0.25, 0.3) is 5.91 Å². The number of pyridine rings is 1. The molecule has 1 aliphatic carbocycles. The third-order valence-electron chi connectivity index (χ3n) is 5.44. The highest BCUT2D eigenvalue weighted by Crippen LogP contribution is 2.35. The molecule has 30 heavy (non-hydrogen) atoms. The van der Waals surface area contributed by atoms with Crippen LogP contribution in [-0.4, -0.2) is 32.5 Å². The van der Waals surface area contributed by atoms with Gasteiger partial charge in [-0.2, -0.15) is 4.98 Å². The van der Waals surface area contributed by atoms with Gasteiger partial charge in [-0.1, -0.05) is 54.6 Å². The van der Waals surface area contributed by atoms with Crippen LogP contribution in [0.15, 0.2) is 78.5 Å². The summed E-state index contributed by atoms with van der Waals surface area (Å²) in [4.78, 5) is 28.1. The molecule has 1 aromatic carbocycles. The number of fused-ring (bicyclic) bond motifs is 1. The summed E-state index contributed by atoms with van der Waals surface area (Å²) in [6.45, 7) is 0.547. The highest BCUT2D eigenvalue weighted by Gasteiger charge is 2.30. The van der Waals surface area contributed by atoms with Crippen LogP contribution in [0.4, 0.5) is 5.82 Å². The maximum Gasteiger partial charge on any atom is 0.259 e. The molecule has 0 radical (unpaired) electrons. The second kappa shape index (κ2) is 7.55. The standard InChI is InChI=1S/C24H20N4O2/c29-23-19-9-6-14-28(22(19)26-21(27-23)20-10-4-5-13-25-20)24(30)18-12-11-17(15-18)16-7-2-1-3-8-16/h1-5,7-8,10-13,15,17H,6,9,14H2,(H,26,27,29). The average molecular weight is 396 g/mol. The molecular weight excluding hydrogens is 376 g/mol. The third-order valence-corrected chi connectivity index (χ3v) is 5.44. The minimum absolute atomic E-state index is 0.0808. The van der Waals surface area contributed by atoms with Gasteiger partial charge in [0, 0.05) is 24.2 Å². The van der Waals surface area contributed by atoms with Gasteiger partial charge < -0.3 is 5.11 Å². The van der Waals surface area contributed by atoms with Crippen molar-refractivity contribution in [2.45, 2.75) is 18.8 Å². The van der Waals surface area contributed by atoms with Crippen molar-refractivity contribution in [3.8, 4) is 17.4 Å². The van der Waals surface area contributed by atoms with E-state index in [2.05, 4.69) is 27.1 Å². The summed E-state index contributed by atoms with van der Waals surface area (Å²) >= 11 is 0. The van der Waals surface area contributed by atoms with Crippen molar-refractivity contribution in [3.05, 3.63) is 89.7 Å². The molecule has 6 heteroatoms. The predicted molar refractivity (Wildman–Crippen MR) is 114 cm³/mol. The zero-order chi connectivity index (χ0) is 20.5. The number of amides is 1. The summed E-state index contributed by atoms with van der Waals surface area (Å²) in [6.07, 6.45) is 8.91. The molecule has 3 aromatic rings. The Morgan fingerprint density at radius 2 is 1.90 bits per heavy atom. The van der Waals surface area contributed by atoms with Crippen LogP contribution in [-0.2, 0) is 11.2 Å². The van der Waals surface area contributed by atoms with Crippen molar-refractivity contribution in [3.63, 3.8) is 0 Å². The van der Waals surface area contributed by atoms with Crippen LogP contribution >= 0.6 is 0 Å². The van der Waals surface area contributed by atoms with Gasteiger partial charge in [-0.05, 0) is 30.5 Å². The average Bonchev–Trinajstić information content (AvgIpc) is 3.30. The number of allylic oxidation sites excluding steroid dienone is 2. The second-order valence-corrected chi connectivity index (χ2v) is 7.37. The molecule has 0 fully saturated rings. The lowest BCUT2D eigenvalue weighted by Crippen LogP contribution is -2.37. The van der Waals surface area contributed by atoms with Gasteiger partial charge in [0.1, 0.15) is 11.5 Å². The van der Waals surface area contributed by atoms with E-state index < -0.39 is 0 Å². The molecule has 1 aliphatic heterocycles. The Morgan fingerprint density at radius 1 is 1.07 bits per heavy atom. The SMILES string of the molecule is O=C(C1=CC(c2ccccc2)C=C1)N1CCCc2c(O)nc(-c3ccccn3)nc21. The quantitative estimate of drug-likeness (QED) is 0.728. The van der Waals surface area contributed by atoms with Crippen LogP contribution in [0.2, 0.25) is 0 Å². The van der Waals surface area contributed by atoms with Crippen molar-refractivity contribution in [2.75, 3.05) is 11.4 Å². The van der Waals surface area contributed by atoms with E-state index >= 15 is 0 Å². The Balaban J connectivity index is 1.49. The van der Waals surface area contributed by atoms with E-state index in [-0.39, 0.29) is 17.7 Å². The van der Waals surface area contributed by atoms with Gasteiger partial charge in [-0.15, -0.1) is 0 Å². The van der Waals surface area contributed by atoms with E-state index in [9.17, 15) is 9.90 Å². The number of anilines is 1. The Morgan fingerprint density at radius 3 is 2.70 bits per heavy atom. The number of carbonyl (C=O) groups is 1. The molecule has 2 aliphatic rings. The maximum absolute atomic E-state index is 13.3. The molecule has 0 bridgehead atoms. The summed E-state index contributed by atoms with van der Waals surface area (Å²) < 4.78 is 0. The predicted octanol–water partition coefficient (Wildman–Crippen LogP) is 3.80. The number of benzene rings is 1. The van der Waals surface area contributed by atoms with Gasteiger partial charge in [-0.3, -0.25) is 14.7 Å². The van der Waals surface area contributed by atoms with Crippen molar-refractivity contribution < 1.29 is 9.90 Å². The normalized spacial score (nSPS) is 17.5. The molecule has 0 saturated heterocycles. The first-order valence-electron chi connectivity index (χ1n) is 9.99. The van der Waals surface area contributed by atoms with E-state index in [4.69, 9.17) is 0 Å². The van der Waals surface area contributed by atoms with Crippen molar-refractivity contribution >= 4 is 11.7 Å². The highest BCUT2D eigenvalue weighted by atomic mass is 16.3. The first kappa shape index (κ1) is 18.2. The monoisotopic (exact) mass is 396 g/mol. The lowest BCUT2D eigenvalue weighted by Gasteiger charge is -2.28. The number of hydrogen-bond acceptors (Lipinski definition) is 5. The van der Waals surface area contributed by atoms with E-state index in [1.165, 1.54) is 0 Å². The smallest absolute Gasteiger partial charge is 0.259 e. The number of carbonyl (C=O) groups excluding carboxylic acids is 1. The molecule has 1 amide bonds. The molecule has 3 heterocycles. The lowest BCUT2D eigenvalue weighted by molar-refractivity contribution is -0.115. The molecule has 148 valence electrons. The zero-order valence-corrected chi connectivity index (χ0v) is 16.3. The Labute approximate surface area is 174 Å². The molecule has 1 N–H and O–H groups in total. The largest absolute Gasteiger partial charge is 0.493 e. The molecule has 1 unspecified atom stereocenters. The van der Waals surface area contributed by atoms with E-state index in [0.717, 1.165) is 12.0 Å². The van der Waals surface area contributed by atoms with Crippen LogP contribution in [0.1, 0.15) is 23.5 Å².